The van der Waals surface area contributed by atoms with Crippen LogP contribution in [0.4, 0.5) is 0 Å². The Kier molecular flexibility index (Phi) is 2.84. The summed E-state index contributed by atoms with van der Waals surface area (Å²) in [6, 6.07) is 1.67. The Labute approximate surface area is 59.6 Å². The molecular formula is C6H10N2O2. The van der Waals surface area contributed by atoms with Crippen molar-refractivity contribution < 1.29 is 9.53 Å². The van der Waals surface area contributed by atoms with Gasteiger partial charge in [-0.15, -0.1) is 0 Å². The molecule has 0 bridgehead atoms. The maximum absolute atomic E-state index is 10.7. The summed E-state index contributed by atoms with van der Waals surface area (Å²) in [5.41, 5.74) is 4.33. The molecule has 0 aliphatic rings. The van der Waals surface area contributed by atoms with Crippen molar-refractivity contribution in [1.29, 1.82) is 5.26 Å². The van der Waals surface area contributed by atoms with Gasteiger partial charge in [-0.3, -0.25) is 4.79 Å². The lowest BCUT2D eigenvalue weighted by Crippen LogP contribution is -2.42. The number of nitriles is 1. The smallest absolute Gasteiger partial charge is 0.326 e. The van der Waals surface area contributed by atoms with Gasteiger partial charge >= 0.3 is 5.97 Å². The van der Waals surface area contributed by atoms with Crippen LogP contribution < -0.4 is 5.73 Å². The molecule has 0 aliphatic carbocycles. The van der Waals surface area contributed by atoms with E-state index in [-0.39, 0.29) is 6.61 Å². The highest BCUT2D eigenvalue weighted by Gasteiger charge is 2.23. The lowest BCUT2D eigenvalue weighted by molar-refractivity contribution is -0.147. The predicted molar refractivity (Wildman–Crippen MR) is 34.8 cm³/mol. The lowest BCUT2D eigenvalue weighted by Gasteiger charge is -2.14. The Bertz CT molecular complexity index is 164. The first-order chi connectivity index (χ1) is 4.48. The molecule has 0 amide bonds. The molecule has 4 heteroatoms. The van der Waals surface area contributed by atoms with E-state index in [9.17, 15) is 4.79 Å². The molecule has 2 N–H and O–H groups in total. The number of nitrogens with two attached hydrogens (primary N) is 1. The van der Waals surface area contributed by atoms with E-state index in [1.165, 1.54) is 13.8 Å². The normalized spacial score (nSPS) is 10.2. The van der Waals surface area contributed by atoms with Gasteiger partial charge in [0.25, 0.3) is 0 Å². The summed E-state index contributed by atoms with van der Waals surface area (Å²) in [6.45, 7) is 2.80. The summed E-state index contributed by atoms with van der Waals surface area (Å²) in [7, 11) is 0. The van der Waals surface area contributed by atoms with Gasteiger partial charge in [-0.05, 0) is 13.8 Å². The highest BCUT2D eigenvalue weighted by atomic mass is 16.5. The third-order valence-corrected chi connectivity index (χ3v) is 0.794. The molecule has 0 saturated carbocycles. The van der Waals surface area contributed by atoms with Crippen molar-refractivity contribution in [3.8, 4) is 6.07 Å². The number of carbonyl (C=O) groups is 1. The predicted octanol–water partition coefficient (Wildman–Crippen LogP) is -0.210. The maximum atomic E-state index is 10.7. The summed E-state index contributed by atoms with van der Waals surface area (Å²) >= 11 is 0. The molecule has 56 valence electrons. The van der Waals surface area contributed by atoms with E-state index in [0.717, 1.165) is 0 Å². The molecule has 0 saturated heterocycles. The van der Waals surface area contributed by atoms with Gasteiger partial charge < -0.3 is 10.5 Å². The Morgan fingerprint density at radius 1 is 1.80 bits per heavy atom. The first-order valence-electron chi connectivity index (χ1n) is 2.81. The van der Waals surface area contributed by atoms with Crippen LogP contribution in [0.1, 0.15) is 13.8 Å². The number of esters is 1. The van der Waals surface area contributed by atoms with Gasteiger partial charge in [-0.25, -0.2) is 0 Å². The van der Waals surface area contributed by atoms with Crippen molar-refractivity contribution in [2.45, 2.75) is 19.4 Å². The van der Waals surface area contributed by atoms with Crippen LogP contribution in [-0.4, -0.2) is 18.1 Å². The fourth-order valence-corrected chi connectivity index (χ4v) is 0.284. The number of nitrogens with zero attached hydrogens (tertiary/aromatic N) is 1. The second-order valence-corrected chi connectivity index (χ2v) is 2.46. The highest BCUT2D eigenvalue weighted by molar-refractivity contribution is 5.79. The van der Waals surface area contributed by atoms with Gasteiger partial charge in [0.1, 0.15) is 11.6 Å². The number of ether oxygens (including phenoxy) is 1. The average molecular weight is 142 g/mol. The van der Waals surface area contributed by atoms with Gasteiger partial charge in [-0.1, -0.05) is 0 Å². The van der Waals surface area contributed by atoms with Gasteiger partial charge in [-0.2, -0.15) is 5.26 Å². The minimum absolute atomic E-state index is 0.237. The first-order valence-corrected chi connectivity index (χ1v) is 2.81. The van der Waals surface area contributed by atoms with Gasteiger partial charge in [0, 0.05) is 0 Å². The standard InChI is InChI=1S/C6H10N2O2/c1-6(2,8)5(9)10-4-3-7/h4,8H2,1-2H3. The van der Waals surface area contributed by atoms with E-state index < -0.39 is 11.5 Å². The fourth-order valence-electron chi connectivity index (χ4n) is 0.284. The molecule has 0 aromatic rings. The number of hydrogen-bond acceptors (Lipinski definition) is 4. The topological polar surface area (TPSA) is 76.1 Å². The Morgan fingerprint density at radius 3 is 2.60 bits per heavy atom. The van der Waals surface area contributed by atoms with E-state index in [4.69, 9.17) is 11.0 Å². The second kappa shape index (κ2) is 3.18. The fraction of sp³-hybridized carbons (Fsp3) is 0.667. The SMILES string of the molecule is CC(C)(N)C(=O)OCC#N. The van der Waals surface area contributed by atoms with Crippen molar-refractivity contribution in [1.82, 2.24) is 0 Å². The summed E-state index contributed by atoms with van der Waals surface area (Å²) in [5, 5.41) is 8.01. The highest BCUT2D eigenvalue weighted by Crippen LogP contribution is 1.98. The molecular weight excluding hydrogens is 132 g/mol. The van der Waals surface area contributed by atoms with Crippen molar-refractivity contribution in [3.05, 3.63) is 0 Å². The average Bonchev–Trinajstić information content (AvgIpc) is 1.80. The first kappa shape index (κ1) is 8.92. The third-order valence-electron chi connectivity index (χ3n) is 0.794. The molecule has 0 aliphatic heterocycles. The third kappa shape index (κ3) is 3.05. The summed E-state index contributed by atoms with van der Waals surface area (Å²) in [6.07, 6.45) is 0. The maximum Gasteiger partial charge on any atom is 0.326 e. The number of rotatable bonds is 2. The van der Waals surface area contributed by atoms with Crippen molar-refractivity contribution in [3.63, 3.8) is 0 Å². The molecule has 10 heavy (non-hydrogen) atoms. The van der Waals surface area contributed by atoms with Crippen LogP contribution in [0.15, 0.2) is 0 Å². The van der Waals surface area contributed by atoms with Crippen LogP contribution in [-0.2, 0) is 9.53 Å². The lowest BCUT2D eigenvalue weighted by atomic mass is 10.1. The van der Waals surface area contributed by atoms with Crippen LogP contribution in [0.2, 0.25) is 0 Å². The van der Waals surface area contributed by atoms with Gasteiger partial charge in [0.2, 0.25) is 0 Å². The quantitative estimate of drug-likeness (QED) is 0.541. The second-order valence-electron chi connectivity index (χ2n) is 2.46. The summed E-state index contributed by atoms with van der Waals surface area (Å²) in [4.78, 5) is 10.7. The van der Waals surface area contributed by atoms with Crippen LogP contribution in [0, 0.1) is 11.3 Å². The van der Waals surface area contributed by atoms with Crippen LogP contribution >= 0.6 is 0 Å². The molecule has 0 unspecified atom stereocenters. The molecule has 4 nitrogen and oxygen atoms in total. The van der Waals surface area contributed by atoms with Crippen LogP contribution in [0.3, 0.4) is 0 Å². The Morgan fingerprint density at radius 2 is 2.30 bits per heavy atom. The Hall–Kier alpha value is -1.08. The monoisotopic (exact) mass is 142 g/mol. The van der Waals surface area contributed by atoms with Gasteiger partial charge in [0.05, 0.1) is 0 Å². The molecule has 0 spiro atoms. The van der Waals surface area contributed by atoms with E-state index in [1.807, 2.05) is 0 Å². The molecule has 0 aromatic heterocycles. The molecule has 0 fully saturated rings. The number of hydrogen-bond donors (Lipinski definition) is 1. The van der Waals surface area contributed by atoms with E-state index in [2.05, 4.69) is 4.74 Å². The molecule has 0 rings (SSSR count). The summed E-state index contributed by atoms with van der Waals surface area (Å²) < 4.78 is 4.43. The zero-order valence-corrected chi connectivity index (χ0v) is 6.05. The van der Waals surface area contributed by atoms with E-state index >= 15 is 0 Å². The minimum Gasteiger partial charge on any atom is -0.449 e. The molecule has 0 aromatic carbocycles. The van der Waals surface area contributed by atoms with Crippen LogP contribution in [0.25, 0.3) is 0 Å². The van der Waals surface area contributed by atoms with Crippen molar-refractivity contribution in [2.24, 2.45) is 5.73 Å². The summed E-state index contributed by atoms with van der Waals surface area (Å²) in [5.74, 6) is -0.561. The largest absolute Gasteiger partial charge is 0.449 e. The van der Waals surface area contributed by atoms with E-state index in [0.29, 0.717) is 0 Å². The molecule has 0 atom stereocenters. The minimum atomic E-state index is -1.00. The van der Waals surface area contributed by atoms with E-state index in [1.54, 1.807) is 6.07 Å². The molecule has 0 radical (unpaired) electrons. The number of carbonyl (C=O) groups excluding carboxylic acids is 1. The van der Waals surface area contributed by atoms with Crippen LogP contribution in [0.5, 0.6) is 0 Å². The molecule has 0 heterocycles. The van der Waals surface area contributed by atoms with Crippen molar-refractivity contribution >= 4 is 5.97 Å². The zero-order chi connectivity index (χ0) is 8.20. The Balaban J connectivity index is 3.78. The zero-order valence-electron chi connectivity index (χ0n) is 6.05. The van der Waals surface area contributed by atoms with Gasteiger partial charge in [0.15, 0.2) is 6.61 Å². The van der Waals surface area contributed by atoms with Crippen molar-refractivity contribution in [2.75, 3.05) is 6.61 Å².